The molecule has 1 aromatic carbocycles. The summed E-state index contributed by atoms with van der Waals surface area (Å²) in [6.07, 6.45) is 10.4. The van der Waals surface area contributed by atoms with Crippen molar-refractivity contribution in [3.63, 3.8) is 0 Å². The van der Waals surface area contributed by atoms with Crippen molar-refractivity contribution in [2.24, 2.45) is 0 Å². The maximum Gasteiger partial charge on any atom is 0.178 e. The molecule has 0 radical (unpaired) electrons. The van der Waals surface area contributed by atoms with Crippen LogP contribution in [0.15, 0.2) is 47.6 Å². The van der Waals surface area contributed by atoms with Crippen LogP contribution in [0.3, 0.4) is 0 Å². The van der Waals surface area contributed by atoms with E-state index in [2.05, 4.69) is 13.0 Å². The Bertz CT molecular complexity index is 604. The number of aromatic hydroxyl groups is 1. The molecule has 1 N–H and O–H groups in total. The summed E-state index contributed by atoms with van der Waals surface area (Å²) >= 11 is 0. The molecule has 20 heavy (non-hydrogen) atoms. The molecule has 0 fully saturated rings. The second kappa shape index (κ2) is 6.38. The zero-order chi connectivity index (χ0) is 14.5. The quantitative estimate of drug-likeness (QED) is 0.888. The van der Waals surface area contributed by atoms with Crippen molar-refractivity contribution < 1.29 is 9.90 Å². The van der Waals surface area contributed by atoms with Gasteiger partial charge in [-0.25, -0.2) is 0 Å². The summed E-state index contributed by atoms with van der Waals surface area (Å²) in [5, 5.41) is 9.64. The number of carbonyl (C=O) groups is 1. The van der Waals surface area contributed by atoms with Gasteiger partial charge in [0.05, 0.1) is 0 Å². The lowest BCUT2D eigenvalue weighted by molar-refractivity contribution is -0.110. The fourth-order valence-corrected chi connectivity index (χ4v) is 2.29. The number of benzene rings is 1. The number of unbranched alkanes of at least 4 members (excludes halogenated alkanes) is 1. The lowest BCUT2D eigenvalue weighted by atomic mass is 9.95. The summed E-state index contributed by atoms with van der Waals surface area (Å²) in [4.78, 5) is 11.3. The smallest absolute Gasteiger partial charge is 0.178 e. The van der Waals surface area contributed by atoms with Crippen LogP contribution in [0.25, 0.3) is 6.08 Å². The molecule has 0 bridgehead atoms. The number of hydrogen-bond acceptors (Lipinski definition) is 2. The fourth-order valence-electron chi connectivity index (χ4n) is 2.29. The van der Waals surface area contributed by atoms with Crippen molar-refractivity contribution in [3.05, 3.63) is 58.7 Å². The van der Waals surface area contributed by atoms with Crippen LogP contribution < -0.4 is 0 Å². The van der Waals surface area contributed by atoms with Gasteiger partial charge in [-0.3, -0.25) is 4.79 Å². The molecule has 0 heterocycles. The Morgan fingerprint density at radius 1 is 1.25 bits per heavy atom. The summed E-state index contributed by atoms with van der Waals surface area (Å²) in [5.41, 5.74) is 4.29. The van der Waals surface area contributed by atoms with E-state index in [1.165, 1.54) is 0 Å². The molecule has 2 rings (SSSR count). The molecule has 0 saturated carbocycles. The number of rotatable bonds is 4. The van der Waals surface area contributed by atoms with Crippen molar-refractivity contribution in [3.8, 4) is 5.75 Å². The van der Waals surface area contributed by atoms with E-state index in [4.69, 9.17) is 0 Å². The number of hydrogen-bond donors (Lipinski definition) is 1. The van der Waals surface area contributed by atoms with Gasteiger partial charge in [-0.2, -0.15) is 0 Å². The summed E-state index contributed by atoms with van der Waals surface area (Å²) in [5.74, 6) is 0.344. The molecule has 0 aliphatic heterocycles. The van der Waals surface area contributed by atoms with Crippen molar-refractivity contribution in [2.75, 3.05) is 0 Å². The van der Waals surface area contributed by atoms with Crippen LogP contribution in [-0.4, -0.2) is 10.9 Å². The second-order valence-electron chi connectivity index (χ2n) is 5.15. The molecular formula is C18H20O2. The lowest BCUT2D eigenvalue weighted by Gasteiger charge is -2.10. The van der Waals surface area contributed by atoms with Gasteiger partial charge in [0.25, 0.3) is 0 Å². The molecule has 1 aromatic rings. The summed E-state index contributed by atoms with van der Waals surface area (Å²) in [6.45, 7) is 4.10. The topological polar surface area (TPSA) is 37.3 Å². The zero-order valence-corrected chi connectivity index (χ0v) is 12.0. The zero-order valence-electron chi connectivity index (χ0n) is 12.0. The van der Waals surface area contributed by atoms with Gasteiger partial charge in [-0.15, -0.1) is 0 Å². The number of aryl methyl sites for hydroxylation is 1. The van der Waals surface area contributed by atoms with Crippen LogP contribution in [0, 0.1) is 0 Å². The minimum Gasteiger partial charge on any atom is -0.508 e. The molecule has 0 spiro atoms. The third-order valence-corrected chi connectivity index (χ3v) is 3.48. The Labute approximate surface area is 120 Å². The molecular weight excluding hydrogens is 248 g/mol. The van der Waals surface area contributed by atoms with Gasteiger partial charge in [0, 0.05) is 0 Å². The maximum atomic E-state index is 11.3. The predicted molar refractivity (Wildman–Crippen MR) is 82.6 cm³/mol. The second-order valence-corrected chi connectivity index (χ2v) is 5.15. The van der Waals surface area contributed by atoms with Crippen LogP contribution in [0.4, 0.5) is 0 Å². The molecule has 0 atom stereocenters. The Balaban J connectivity index is 2.35. The van der Waals surface area contributed by atoms with Gasteiger partial charge in [0.15, 0.2) is 5.78 Å². The first kappa shape index (κ1) is 14.3. The monoisotopic (exact) mass is 268 g/mol. The molecule has 0 saturated heterocycles. The Morgan fingerprint density at radius 3 is 2.75 bits per heavy atom. The molecule has 1 aliphatic carbocycles. The predicted octanol–water partition coefficient (Wildman–Crippen LogP) is 4.20. The summed E-state index contributed by atoms with van der Waals surface area (Å²) in [6, 6.07) is 5.47. The lowest BCUT2D eigenvalue weighted by Crippen LogP contribution is -1.97. The number of carbonyl (C=O) groups excluding carboxylic acids is 1. The number of ketones is 1. The first-order chi connectivity index (χ1) is 9.60. The van der Waals surface area contributed by atoms with E-state index in [0.717, 1.165) is 41.5 Å². The van der Waals surface area contributed by atoms with E-state index < -0.39 is 0 Å². The molecule has 0 aromatic heterocycles. The van der Waals surface area contributed by atoms with Crippen molar-refractivity contribution >= 4 is 11.9 Å². The Morgan fingerprint density at radius 2 is 2.05 bits per heavy atom. The molecule has 2 heteroatoms. The normalized spacial score (nSPS) is 16.6. The number of phenolic OH excluding ortho intramolecular Hbond substituents is 1. The Hall–Kier alpha value is -2.09. The SMILES string of the molecule is CCCCc1cc(O)ccc1C=C1C=CC(=O)C=C1C. The average Bonchev–Trinajstić information content (AvgIpc) is 2.41. The van der Waals surface area contributed by atoms with E-state index in [9.17, 15) is 9.90 Å². The molecule has 0 unspecified atom stereocenters. The van der Waals surface area contributed by atoms with Crippen LogP contribution in [0.1, 0.15) is 37.8 Å². The highest BCUT2D eigenvalue weighted by Gasteiger charge is 2.08. The van der Waals surface area contributed by atoms with E-state index in [0.29, 0.717) is 5.75 Å². The van der Waals surface area contributed by atoms with Gasteiger partial charge < -0.3 is 5.11 Å². The first-order valence-electron chi connectivity index (χ1n) is 7.04. The van der Waals surface area contributed by atoms with Crippen LogP contribution in [0.5, 0.6) is 5.75 Å². The van der Waals surface area contributed by atoms with Crippen molar-refractivity contribution in [2.45, 2.75) is 33.1 Å². The van der Waals surface area contributed by atoms with Gasteiger partial charge >= 0.3 is 0 Å². The molecule has 2 nitrogen and oxygen atoms in total. The highest BCUT2D eigenvalue weighted by atomic mass is 16.3. The van der Waals surface area contributed by atoms with E-state index in [1.54, 1.807) is 18.2 Å². The maximum absolute atomic E-state index is 11.3. The Kier molecular flexibility index (Phi) is 4.57. The number of phenols is 1. The third kappa shape index (κ3) is 3.47. The van der Waals surface area contributed by atoms with E-state index in [1.807, 2.05) is 25.1 Å². The van der Waals surface area contributed by atoms with Crippen LogP contribution >= 0.6 is 0 Å². The largest absolute Gasteiger partial charge is 0.508 e. The van der Waals surface area contributed by atoms with Crippen molar-refractivity contribution in [1.82, 2.24) is 0 Å². The fraction of sp³-hybridized carbons (Fsp3) is 0.278. The van der Waals surface area contributed by atoms with Crippen molar-refractivity contribution in [1.29, 1.82) is 0 Å². The van der Waals surface area contributed by atoms with Crippen LogP contribution in [0.2, 0.25) is 0 Å². The van der Waals surface area contributed by atoms with Gasteiger partial charge in [0.1, 0.15) is 5.75 Å². The van der Waals surface area contributed by atoms with E-state index in [-0.39, 0.29) is 5.78 Å². The summed E-state index contributed by atoms with van der Waals surface area (Å²) < 4.78 is 0. The van der Waals surface area contributed by atoms with Crippen LogP contribution in [-0.2, 0) is 11.2 Å². The average molecular weight is 268 g/mol. The standard InChI is InChI=1S/C18H20O2/c1-3-4-5-15-12-18(20)9-7-16(15)11-14-6-8-17(19)10-13(14)2/h6-12,20H,3-5H2,1-2H3. The number of allylic oxidation sites excluding steroid dienone is 5. The molecule has 104 valence electrons. The minimum atomic E-state index is 0.0385. The van der Waals surface area contributed by atoms with Gasteiger partial charge in [-0.1, -0.05) is 25.5 Å². The minimum absolute atomic E-state index is 0.0385. The molecule has 0 amide bonds. The highest BCUT2D eigenvalue weighted by molar-refractivity contribution is 6.02. The van der Waals surface area contributed by atoms with Gasteiger partial charge in [0.2, 0.25) is 0 Å². The summed E-state index contributed by atoms with van der Waals surface area (Å²) in [7, 11) is 0. The van der Waals surface area contributed by atoms with Gasteiger partial charge in [-0.05, 0) is 72.4 Å². The third-order valence-electron chi connectivity index (χ3n) is 3.48. The van der Waals surface area contributed by atoms with E-state index >= 15 is 0 Å². The molecule has 1 aliphatic rings. The first-order valence-corrected chi connectivity index (χ1v) is 7.04. The highest BCUT2D eigenvalue weighted by Crippen LogP contribution is 2.24.